The number of para-hydroxylation sites is 1. The molecule has 4 rings (SSSR count). The highest BCUT2D eigenvalue weighted by Gasteiger charge is 2.13. The molecule has 7 heteroatoms. The Morgan fingerprint density at radius 1 is 0.967 bits per heavy atom. The standard InChI is InChI=1S/C23H23N3O3S/c1-4-26-21-8-6-5-7-18(21)19-14-17(10-12-22(19)26)24-23(27)16-9-11-20(15(2)13-16)25-30(3,28)29/h5-14,25H,4H2,1-3H3,(H,24,27). The molecule has 0 aliphatic heterocycles. The number of carbonyl (C=O) groups excluding carboxylic acids is 1. The molecule has 6 nitrogen and oxygen atoms in total. The minimum atomic E-state index is -3.37. The molecule has 0 saturated carbocycles. The maximum Gasteiger partial charge on any atom is 0.255 e. The van der Waals surface area contributed by atoms with E-state index in [1.807, 2.05) is 30.3 Å². The van der Waals surface area contributed by atoms with Gasteiger partial charge in [0.25, 0.3) is 5.91 Å². The molecule has 1 heterocycles. The number of aryl methyl sites for hydroxylation is 2. The Kier molecular flexibility index (Phi) is 4.99. The Bertz CT molecular complexity index is 1390. The summed E-state index contributed by atoms with van der Waals surface area (Å²) in [5.41, 5.74) is 4.61. The van der Waals surface area contributed by atoms with E-state index < -0.39 is 10.0 Å². The first-order chi connectivity index (χ1) is 14.3. The zero-order valence-electron chi connectivity index (χ0n) is 17.1. The number of aromatic nitrogens is 1. The van der Waals surface area contributed by atoms with Crippen molar-refractivity contribution in [3.8, 4) is 0 Å². The Labute approximate surface area is 175 Å². The first-order valence-electron chi connectivity index (χ1n) is 9.67. The van der Waals surface area contributed by atoms with Gasteiger partial charge in [0.2, 0.25) is 10.0 Å². The van der Waals surface area contributed by atoms with Crippen molar-refractivity contribution < 1.29 is 13.2 Å². The highest BCUT2D eigenvalue weighted by molar-refractivity contribution is 7.92. The largest absolute Gasteiger partial charge is 0.341 e. The monoisotopic (exact) mass is 421 g/mol. The van der Waals surface area contributed by atoms with Crippen LogP contribution in [0.1, 0.15) is 22.8 Å². The van der Waals surface area contributed by atoms with Crippen molar-refractivity contribution >= 4 is 49.1 Å². The van der Waals surface area contributed by atoms with Crippen molar-refractivity contribution in [2.75, 3.05) is 16.3 Å². The predicted octanol–water partition coefficient (Wildman–Crippen LogP) is 4.75. The van der Waals surface area contributed by atoms with E-state index in [2.05, 4.69) is 33.7 Å². The number of anilines is 2. The number of rotatable bonds is 5. The molecule has 154 valence electrons. The van der Waals surface area contributed by atoms with E-state index >= 15 is 0 Å². The van der Waals surface area contributed by atoms with Gasteiger partial charge in [0.1, 0.15) is 0 Å². The summed E-state index contributed by atoms with van der Waals surface area (Å²) in [6.07, 6.45) is 1.10. The Hall–Kier alpha value is -3.32. The van der Waals surface area contributed by atoms with Crippen molar-refractivity contribution in [1.29, 1.82) is 0 Å². The van der Waals surface area contributed by atoms with Crippen molar-refractivity contribution in [2.24, 2.45) is 0 Å². The van der Waals surface area contributed by atoms with Crippen LogP contribution in [0.3, 0.4) is 0 Å². The Balaban J connectivity index is 1.65. The second-order valence-corrected chi connectivity index (χ2v) is 9.10. The highest BCUT2D eigenvalue weighted by Crippen LogP contribution is 2.31. The third kappa shape index (κ3) is 3.76. The van der Waals surface area contributed by atoms with Gasteiger partial charge in [-0.15, -0.1) is 0 Å². The summed E-state index contributed by atoms with van der Waals surface area (Å²) in [5.74, 6) is -0.248. The molecule has 0 spiro atoms. The maximum atomic E-state index is 12.8. The topological polar surface area (TPSA) is 80.2 Å². The van der Waals surface area contributed by atoms with Crippen LogP contribution in [0.5, 0.6) is 0 Å². The van der Waals surface area contributed by atoms with E-state index in [0.717, 1.165) is 29.1 Å². The van der Waals surface area contributed by atoms with Gasteiger partial charge in [0.05, 0.1) is 11.9 Å². The van der Waals surface area contributed by atoms with E-state index in [-0.39, 0.29) is 5.91 Å². The van der Waals surface area contributed by atoms with Crippen molar-refractivity contribution in [1.82, 2.24) is 4.57 Å². The van der Waals surface area contributed by atoms with Gasteiger partial charge in [-0.05, 0) is 61.9 Å². The van der Waals surface area contributed by atoms with Gasteiger partial charge in [-0.1, -0.05) is 18.2 Å². The van der Waals surface area contributed by atoms with Gasteiger partial charge in [0, 0.05) is 39.6 Å². The lowest BCUT2D eigenvalue weighted by Crippen LogP contribution is -2.14. The molecule has 1 amide bonds. The van der Waals surface area contributed by atoms with Crippen LogP contribution in [0.15, 0.2) is 60.7 Å². The minimum absolute atomic E-state index is 0.248. The second kappa shape index (κ2) is 7.50. The van der Waals surface area contributed by atoms with Crippen LogP contribution in [-0.2, 0) is 16.6 Å². The quantitative estimate of drug-likeness (QED) is 0.488. The predicted molar refractivity (Wildman–Crippen MR) is 123 cm³/mol. The second-order valence-electron chi connectivity index (χ2n) is 7.35. The molecule has 0 atom stereocenters. The highest BCUT2D eigenvalue weighted by atomic mass is 32.2. The van der Waals surface area contributed by atoms with Crippen molar-refractivity contribution in [3.63, 3.8) is 0 Å². The molecule has 0 bridgehead atoms. The smallest absolute Gasteiger partial charge is 0.255 e. The maximum absolute atomic E-state index is 12.8. The number of carbonyl (C=O) groups is 1. The average Bonchev–Trinajstić information content (AvgIpc) is 3.01. The number of sulfonamides is 1. The van der Waals surface area contributed by atoms with Crippen LogP contribution in [0.25, 0.3) is 21.8 Å². The molecule has 0 aliphatic carbocycles. The summed E-state index contributed by atoms with van der Waals surface area (Å²) in [4.78, 5) is 12.8. The fourth-order valence-corrected chi connectivity index (χ4v) is 4.42. The summed E-state index contributed by atoms with van der Waals surface area (Å²) in [5, 5.41) is 5.19. The van der Waals surface area contributed by atoms with Crippen LogP contribution >= 0.6 is 0 Å². The van der Waals surface area contributed by atoms with Gasteiger partial charge in [-0.3, -0.25) is 9.52 Å². The molecule has 4 aromatic rings. The third-order valence-corrected chi connectivity index (χ3v) is 5.72. The number of hydrogen-bond donors (Lipinski definition) is 2. The summed E-state index contributed by atoms with van der Waals surface area (Å²) in [6, 6.07) is 19.0. The summed E-state index contributed by atoms with van der Waals surface area (Å²) in [6.45, 7) is 4.74. The fourth-order valence-electron chi connectivity index (χ4n) is 3.79. The molecular weight excluding hydrogens is 398 g/mol. The molecule has 0 fully saturated rings. The lowest BCUT2D eigenvalue weighted by Gasteiger charge is -2.10. The zero-order chi connectivity index (χ0) is 21.5. The molecule has 1 aromatic heterocycles. The first kappa shape index (κ1) is 20.0. The van der Waals surface area contributed by atoms with Crippen molar-refractivity contribution in [2.45, 2.75) is 20.4 Å². The SMILES string of the molecule is CCn1c2ccccc2c2cc(NC(=O)c3ccc(NS(C)(=O)=O)c(C)c3)ccc21. The van der Waals surface area contributed by atoms with E-state index in [4.69, 9.17) is 0 Å². The van der Waals surface area contributed by atoms with E-state index in [1.54, 1.807) is 25.1 Å². The van der Waals surface area contributed by atoms with Gasteiger partial charge >= 0.3 is 0 Å². The number of hydrogen-bond acceptors (Lipinski definition) is 3. The summed E-state index contributed by atoms with van der Waals surface area (Å²) in [7, 11) is -3.37. The lowest BCUT2D eigenvalue weighted by atomic mass is 10.1. The number of nitrogens with zero attached hydrogens (tertiary/aromatic N) is 1. The first-order valence-corrected chi connectivity index (χ1v) is 11.6. The summed E-state index contributed by atoms with van der Waals surface area (Å²) < 4.78 is 27.6. The molecular formula is C23H23N3O3S. The Morgan fingerprint density at radius 2 is 1.70 bits per heavy atom. The normalized spacial score (nSPS) is 11.7. The molecule has 3 aromatic carbocycles. The number of fused-ring (bicyclic) bond motifs is 3. The van der Waals surface area contributed by atoms with E-state index in [0.29, 0.717) is 22.5 Å². The fraction of sp³-hybridized carbons (Fsp3) is 0.174. The van der Waals surface area contributed by atoms with Gasteiger partial charge in [0.15, 0.2) is 0 Å². The summed E-state index contributed by atoms with van der Waals surface area (Å²) >= 11 is 0. The van der Waals surface area contributed by atoms with Gasteiger partial charge in [-0.25, -0.2) is 8.42 Å². The van der Waals surface area contributed by atoms with Crippen LogP contribution in [0.2, 0.25) is 0 Å². The third-order valence-electron chi connectivity index (χ3n) is 5.13. The Morgan fingerprint density at radius 3 is 2.40 bits per heavy atom. The van der Waals surface area contributed by atoms with Gasteiger partial charge in [-0.2, -0.15) is 0 Å². The molecule has 0 radical (unpaired) electrons. The van der Waals surface area contributed by atoms with Crippen LogP contribution in [-0.4, -0.2) is 25.1 Å². The molecule has 0 saturated heterocycles. The number of benzene rings is 3. The number of nitrogens with one attached hydrogen (secondary N) is 2. The zero-order valence-corrected chi connectivity index (χ0v) is 17.9. The van der Waals surface area contributed by atoms with Crippen LogP contribution in [0, 0.1) is 6.92 Å². The van der Waals surface area contributed by atoms with Crippen LogP contribution < -0.4 is 10.0 Å². The van der Waals surface area contributed by atoms with Gasteiger partial charge < -0.3 is 9.88 Å². The van der Waals surface area contributed by atoms with E-state index in [9.17, 15) is 13.2 Å². The van der Waals surface area contributed by atoms with Crippen LogP contribution in [0.4, 0.5) is 11.4 Å². The molecule has 30 heavy (non-hydrogen) atoms. The van der Waals surface area contributed by atoms with Crippen molar-refractivity contribution in [3.05, 3.63) is 71.8 Å². The molecule has 2 N–H and O–H groups in total. The molecule has 0 aliphatic rings. The lowest BCUT2D eigenvalue weighted by molar-refractivity contribution is 0.102. The van der Waals surface area contributed by atoms with E-state index in [1.165, 1.54) is 5.52 Å². The average molecular weight is 422 g/mol. The number of amides is 1. The molecule has 0 unspecified atom stereocenters. The minimum Gasteiger partial charge on any atom is -0.341 e.